The lowest BCUT2D eigenvalue weighted by molar-refractivity contribution is 0.100. The number of amides is 1. The molecule has 5 heteroatoms. The molecule has 0 aliphatic rings. The summed E-state index contributed by atoms with van der Waals surface area (Å²) in [7, 11) is 0. The van der Waals surface area contributed by atoms with Crippen LogP contribution in [0, 0.1) is 6.92 Å². The second-order valence-electron chi connectivity index (χ2n) is 4.50. The van der Waals surface area contributed by atoms with Crippen LogP contribution in [0.5, 0.6) is 0 Å². The summed E-state index contributed by atoms with van der Waals surface area (Å²) in [5, 5.41) is 4.29. The summed E-state index contributed by atoms with van der Waals surface area (Å²) in [6.45, 7) is 2.04. The van der Waals surface area contributed by atoms with E-state index in [4.69, 9.17) is 5.73 Å². The van der Waals surface area contributed by atoms with Crippen molar-refractivity contribution in [2.75, 3.05) is 0 Å². The number of aromatic nitrogens is 2. The Hall–Kier alpha value is -2.40. The molecule has 2 heterocycles. The molecule has 1 aromatic carbocycles. The molecule has 4 nitrogen and oxygen atoms in total. The Labute approximate surface area is 120 Å². The van der Waals surface area contributed by atoms with Crippen molar-refractivity contribution in [2.45, 2.75) is 6.92 Å². The first-order valence-corrected chi connectivity index (χ1v) is 6.97. The Balaban J connectivity index is 2.15. The Morgan fingerprint density at radius 1 is 1.30 bits per heavy atom. The molecule has 100 valence electrons. The van der Waals surface area contributed by atoms with Gasteiger partial charge in [-0.2, -0.15) is 5.10 Å². The Morgan fingerprint density at radius 3 is 2.80 bits per heavy atom. The van der Waals surface area contributed by atoms with Gasteiger partial charge in [-0.1, -0.05) is 12.1 Å². The van der Waals surface area contributed by atoms with Crippen molar-refractivity contribution in [1.29, 1.82) is 0 Å². The van der Waals surface area contributed by atoms with E-state index in [1.807, 2.05) is 42.1 Å². The van der Waals surface area contributed by atoms with E-state index in [0.717, 1.165) is 21.7 Å². The van der Waals surface area contributed by atoms with Crippen LogP contribution in [0.4, 0.5) is 0 Å². The van der Waals surface area contributed by atoms with Crippen molar-refractivity contribution in [1.82, 2.24) is 9.78 Å². The maximum absolute atomic E-state index is 11.2. The van der Waals surface area contributed by atoms with Crippen LogP contribution in [0.2, 0.25) is 0 Å². The second-order valence-corrected chi connectivity index (χ2v) is 5.58. The van der Waals surface area contributed by atoms with E-state index in [0.29, 0.717) is 4.88 Å². The van der Waals surface area contributed by atoms with E-state index < -0.39 is 5.91 Å². The quantitative estimate of drug-likeness (QED) is 0.803. The number of rotatable bonds is 3. The normalized spacial score (nSPS) is 10.7. The monoisotopic (exact) mass is 283 g/mol. The molecule has 3 rings (SSSR count). The van der Waals surface area contributed by atoms with Crippen molar-refractivity contribution >= 4 is 17.2 Å². The summed E-state index contributed by atoms with van der Waals surface area (Å²) in [6, 6.07) is 11.7. The van der Waals surface area contributed by atoms with Crippen molar-refractivity contribution in [3.63, 3.8) is 0 Å². The van der Waals surface area contributed by atoms with Gasteiger partial charge in [0.1, 0.15) is 0 Å². The van der Waals surface area contributed by atoms with Gasteiger partial charge in [0.05, 0.1) is 10.6 Å². The summed E-state index contributed by atoms with van der Waals surface area (Å²) >= 11 is 1.40. The van der Waals surface area contributed by atoms with Crippen LogP contribution < -0.4 is 5.73 Å². The third kappa shape index (κ3) is 2.23. The highest BCUT2D eigenvalue weighted by Crippen LogP contribution is 2.32. The summed E-state index contributed by atoms with van der Waals surface area (Å²) in [5.74, 6) is -0.394. The molecule has 0 bridgehead atoms. The summed E-state index contributed by atoms with van der Waals surface area (Å²) in [5.41, 5.74) is 8.51. The zero-order chi connectivity index (χ0) is 14.1. The molecule has 0 spiro atoms. The molecule has 1 amide bonds. The van der Waals surface area contributed by atoms with Gasteiger partial charge in [-0.25, -0.2) is 4.68 Å². The standard InChI is InChI=1S/C15H13N3OS/c1-10-3-4-11(12(9-10)18-8-2-7-17-18)13-5-6-14(20-13)15(16)19/h2-9H,1H3,(H2,16,19). The molecule has 0 saturated heterocycles. The molecular formula is C15H13N3OS. The predicted octanol–water partition coefficient (Wildman–Crippen LogP) is 3.01. The van der Waals surface area contributed by atoms with Gasteiger partial charge < -0.3 is 5.73 Å². The van der Waals surface area contributed by atoms with Gasteiger partial charge in [0.15, 0.2) is 0 Å². The second kappa shape index (κ2) is 4.94. The Morgan fingerprint density at radius 2 is 2.15 bits per heavy atom. The number of aryl methyl sites for hydroxylation is 1. The van der Waals surface area contributed by atoms with Crippen LogP contribution in [0.3, 0.4) is 0 Å². The highest BCUT2D eigenvalue weighted by molar-refractivity contribution is 7.17. The molecule has 0 aliphatic carbocycles. The Kier molecular flexibility index (Phi) is 3.12. The molecule has 0 aliphatic heterocycles. The zero-order valence-electron chi connectivity index (χ0n) is 10.9. The third-order valence-electron chi connectivity index (χ3n) is 3.02. The molecule has 0 atom stereocenters. The van der Waals surface area contributed by atoms with Crippen molar-refractivity contribution < 1.29 is 4.79 Å². The van der Waals surface area contributed by atoms with Gasteiger partial charge in [0.25, 0.3) is 5.91 Å². The maximum Gasteiger partial charge on any atom is 0.258 e. The highest BCUT2D eigenvalue weighted by atomic mass is 32.1. The fourth-order valence-corrected chi connectivity index (χ4v) is 2.96. The van der Waals surface area contributed by atoms with Gasteiger partial charge in [0.2, 0.25) is 0 Å². The van der Waals surface area contributed by atoms with Crippen LogP contribution in [0.15, 0.2) is 48.8 Å². The van der Waals surface area contributed by atoms with E-state index in [-0.39, 0.29) is 0 Å². The van der Waals surface area contributed by atoms with Crippen LogP contribution in [0.25, 0.3) is 16.1 Å². The molecule has 0 unspecified atom stereocenters. The van der Waals surface area contributed by atoms with Gasteiger partial charge >= 0.3 is 0 Å². The largest absolute Gasteiger partial charge is 0.365 e. The van der Waals surface area contributed by atoms with Gasteiger partial charge in [-0.15, -0.1) is 11.3 Å². The van der Waals surface area contributed by atoms with E-state index in [2.05, 4.69) is 11.2 Å². The number of primary amides is 1. The molecule has 2 N–H and O–H groups in total. The topological polar surface area (TPSA) is 60.9 Å². The lowest BCUT2D eigenvalue weighted by Gasteiger charge is -2.09. The average Bonchev–Trinajstić information content (AvgIpc) is 3.10. The number of nitrogens with zero attached hydrogens (tertiary/aromatic N) is 2. The summed E-state index contributed by atoms with van der Waals surface area (Å²) in [4.78, 5) is 12.8. The average molecular weight is 283 g/mol. The molecule has 2 aromatic heterocycles. The van der Waals surface area contributed by atoms with E-state index >= 15 is 0 Å². The molecule has 3 aromatic rings. The number of carbonyl (C=O) groups is 1. The number of nitrogens with two attached hydrogens (primary N) is 1. The third-order valence-corrected chi connectivity index (χ3v) is 4.15. The van der Waals surface area contributed by atoms with Gasteiger partial charge in [-0.3, -0.25) is 4.79 Å². The molecule has 20 heavy (non-hydrogen) atoms. The first kappa shape index (κ1) is 12.6. The van der Waals surface area contributed by atoms with E-state index in [9.17, 15) is 4.79 Å². The lowest BCUT2D eigenvalue weighted by Crippen LogP contribution is -2.08. The number of carbonyl (C=O) groups excluding carboxylic acids is 1. The minimum absolute atomic E-state index is 0.394. The van der Waals surface area contributed by atoms with E-state index in [1.165, 1.54) is 11.3 Å². The van der Waals surface area contributed by atoms with Crippen LogP contribution in [0.1, 0.15) is 15.2 Å². The molecular weight excluding hydrogens is 270 g/mol. The lowest BCUT2D eigenvalue weighted by atomic mass is 10.1. The van der Waals surface area contributed by atoms with Crippen LogP contribution in [-0.4, -0.2) is 15.7 Å². The van der Waals surface area contributed by atoms with Crippen LogP contribution in [-0.2, 0) is 0 Å². The predicted molar refractivity (Wildman–Crippen MR) is 80.1 cm³/mol. The minimum atomic E-state index is -0.394. The molecule has 0 fully saturated rings. The highest BCUT2D eigenvalue weighted by Gasteiger charge is 2.12. The van der Waals surface area contributed by atoms with Crippen molar-refractivity contribution in [2.24, 2.45) is 5.73 Å². The molecule has 0 saturated carbocycles. The van der Waals surface area contributed by atoms with E-state index in [1.54, 1.807) is 12.3 Å². The summed E-state index contributed by atoms with van der Waals surface area (Å²) < 4.78 is 1.83. The number of hydrogen-bond donors (Lipinski definition) is 1. The SMILES string of the molecule is Cc1ccc(-c2ccc(C(N)=O)s2)c(-n2cccn2)c1. The first-order valence-electron chi connectivity index (χ1n) is 6.16. The smallest absolute Gasteiger partial charge is 0.258 e. The number of benzene rings is 1. The van der Waals surface area contributed by atoms with Crippen molar-refractivity contribution in [3.05, 3.63) is 59.2 Å². The van der Waals surface area contributed by atoms with Gasteiger partial charge in [-0.05, 0) is 36.8 Å². The maximum atomic E-state index is 11.2. The first-order chi connectivity index (χ1) is 9.65. The van der Waals surface area contributed by atoms with Crippen molar-refractivity contribution in [3.8, 4) is 16.1 Å². The van der Waals surface area contributed by atoms with Gasteiger partial charge in [0, 0.05) is 22.8 Å². The molecule has 0 radical (unpaired) electrons. The summed E-state index contributed by atoms with van der Waals surface area (Å²) in [6.07, 6.45) is 3.65. The minimum Gasteiger partial charge on any atom is -0.365 e. The number of thiophene rings is 1. The fourth-order valence-electron chi connectivity index (χ4n) is 2.07. The Bertz CT molecular complexity index is 759. The zero-order valence-corrected chi connectivity index (χ0v) is 11.7. The van der Waals surface area contributed by atoms with Crippen LogP contribution >= 0.6 is 11.3 Å². The number of hydrogen-bond acceptors (Lipinski definition) is 3. The fraction of sp³-hybridized carbons (Fsp3) is 0.0667.